The summed E-state index contributed by atoms with van der Waals surface area (Å²) in [6.45, 7) is 1.81. The van der Waals surface area contributed by atoms with Gasteiger partial charge in [-0.25, -0.2) is 0 Å². The third-order valence-electron chi connectivity index (χ3n) is 3.41. The van der Waals surface area contributed by atoms with Crippen LogP contribution in [0.2, 0.25) is 10.0 Å². The predicted molar refractivity (Wildman–Crippen MR) is 70.5 cm³/mol. The zero-order valence-corrected chi connectivity index (χ0v) is 11.2. The van der Waals surface area contributed by atoms with Crippen molar-refractivity contribution in [2.45, 2.75) is 31.7 Å². The Morgan fingerprint density at radius 3 is 2.71 bits per heavy atom. The number of hydrogen-bond acceptors (Lipinski definition) is 2. The van der Waals surface area contributed by atoms with Crippen molar-refractivity contribution in [2.75, 3.05) is 0 Å². The summed E-state index contributed by atoms with van der Waals surface area (Å²) in [5.74, 6) is 0.358. The van der Waals surface area contributed by atoms with Crippen LogP contribution in [0.5, 0.6) is 0 Å². The number of nitrogens with two attached hydrogens (primary N) is 1. The molecule has 17 heavy (non-hydrogen) atoms. The smallest absolute Gasteiger partial charge is 0.157 e. The van der Waals surface area contributed by atoms with Crippen molar-refractivity contribution in [3.63, 3.8) is 0 Å². The quantitative estimate of drug-likeness (QED) is 0.914. The molecule has 2 nitrogen and oxygen atoms in total. The highest BCUT2D eigenvalue weighted by Crippen LogP contribution is 2.39. The summed E-state index contributed by atoms with van der Waals surface area (Å²) in [7, 11) is 0. The van der Waals surface area contributed by atoms with Gasteiger partial charge in [-0.05, 0) is 37.3 Å². The Morgan fingerprint density at radius 1 is 1.47 bits per heavy atom. The number of hydrogen-bond donors (Lipinski definition) is 1. The Labute approximate surface area is 111 Å². The van der Waals surface area contributed by atoms with Crippen LogP contribution in [-0.2, 0) is 11.2 Å². The molecule has 1 aromatic carbocycles. The van der Waals surface area contributed by atoms with Crippen LogP contribution < -0.4 is 5.73 Å². The van der Waals surface area contributed by atoms with Gasteiger partial charge in [0, 0.05) is 6.42 Å². The fourth-order valence-electron chi connectivity index (χ4n) is 1.96. The second kappa shape index (κ2) is 4.60. The summed E-state index contributed by atoms with van der Waals surface area (Å²) in [6.07, 6.45) is 2.34. The molecule has 2 N–H and O–H groups in total. The first kappa shape index (κ1) is 12.9. The number of carbonyl (C=O) groups excluding carboxylic acids is 1. The molecule has 0 spiro atoms. The normalized spacial score (nSPS) is 18.8. The van der Waals surface area contributed by atoms with Gasteiger partial charge in [0.15, 0.2) is 5.78 Å². The van der Waals surface area contributed by atoms with E-state index in [4.69, 9.17) is 28.9 Å². The molecule has 1 aliphatic rings. The van der Waals surface area contributed by atoms with E-state index in [1.54, 1.807) is 12.1 Å². The Kier molecular flexibility index (Phi) is 3.48. The van der Waals surface area contributed by atoms with Crippen molar-refractivity contribution in [1.29, 1.82) is 0 Å². The van der Waals surface area contributed by atoms with Crippen molar-refractivity contribution in [3.05, 3.63) is 33.8 Å². The standard InChI is InChI=1S/C13H15Cl2NO/c1-13(16,9-5-6-9)11(17)7-8-3-2-4-10(14)12(8)15/h2-4,9H,5-7,16H2,1H3. The maximum absolute atomic E-state index is 12.2. The molecule has 0 bridgehead atoms. The molecule has 0 amide bonds. The second-order valence-electron chi connectivity index (χ2n) is 4.87. The Morgan fingerprint density at radius 2 is 2.12 bits per heavy atom. The molecule has 0 aromatic heterocycles. The molecule has 0 radical (unpaired) electrons. The molecule has 1 unspecified atom stereocenters. The first-order chi connectivity index (χ1) is 7.93. The highest BCUT2D eigenvalue weighted by molar-refractivity contribution is 6.42. The third kappa shape index (κ3) is 2.65. The van der Waals surface area contributed by atoms with Gasteiger partial charge in [0.1, 0.15) is 0 Å². The SMILES string of the molecule is CC(N)(C(=O)Cc1cccc(Cl)c1Cl)C1CC1. The van der Waals surface area contributed by atoms with Gasteiger partial charge in [-0.15, -0.1) is 0 Å². The zero-order chi connectivity index (χ0) is 12.6. The lowest BCUT2D eigenvalue weighted by Crippen LogP contribution is -2.47. The Hall–Kier alpha value is -0.570. The average molecular weight is 272 g/mol. The van der Waals surface area contributed by atoms with Crippen molar-refractivity contribution < 1.29 is 4.79 Å². The molecule has 1 saturated carbocycles. The van der Waals surface area contributed by atoms with Crippen LogP contribution in [0.1, 0.15) is 25.3 Å². The van der Waals surface area contributed by atoms with Crippen molar-refractivity contribution in [3.8, 4) is 0 Å². The topological polar surface area (TPSA) is 43.1 Å². The van der Waals surface area contributed by atoms with Crippen LogP contribution >= 0.6 is 23.2 Å². The highest BCUT2D eigenvalue weighted by Gasteiger charge is 2.43. The summed E-state index contributed by atoms with van der Waals surface area (Å²) in [5.41, 5.74) is 6.10. The number of carbonyl (C=O) groups is 1. The molecule has 1 fully saturated rings. The van der Waals surface area contributed by atoms with Gasteiger partial charge in [0.25, 0.3) is 0 Å². The first-order valence-corrected chi connectivity index (χ1v) is 6.43. The summed E-state index contributed by atoms with van der Waals surface area (Å²) < 4.78 is 0. The maximum atomic E-state index is 12.2. The minimum atomic E-state index is -0.731. The summed E-state index contributed by atoms with van der Waals surface area (Å²) in [6, 6.07) is 5.32. The van der Waals surface area contributed by atoms with E-state index in [1.165, 1.54) is 0 Å². The monoisotopic (exact) mass is 271 g/mol. The van der Waals surface area contributed by atoms with Gasteiger partial charge >= 0.3 is 0 Å². The molecule has 0 saturated heterocycles. The summed E-state index contributed by atoms with van der Waals surface area (Å²) >= 11 is 12.0. The molecule has 1 aliphatic carbocycles. The number of benzene rings is 1. The fourth-order valence-corrected chi connectivity index (χ4v) is 2.35. The van der Waals surface area contributed by atoms with Crippen LogP contribution in [0.15, 0.2) is 18.2 Å². The van der Waals surface area contributed by atoms with E-state index in [9.17, 15) is 4.79 Å². The van der Waals surface area contributed by atoms with E-state index in [-0.39, 0.29) is 12.2 Å². The molecule has 0 heterocycles. The van der Waals surface area contributed by atoms with Gasteiger partial charge in [-0.3, -0.25) is 4.79 Å². The maximum Gasteiger partial charge on any atom is 0.157 e. The lowest BCUT2D eigenvalue weighted by molar-refractivity contribution is -0.123. The van der Waals surface area contributed by atoms with Crippen LogP contribution in [0, 0.1) is 5.92 Å². The van der Waals surface area contributed by atoms with E-state index >= 15 is 0 Å². The zero-order valence-electron chi connectivity index (χ0n) is 9.67. The predicted octanol–water partition coefficient (Wildman–Crippen LogP) is 3.23. The van der Waals surface area contributed by atoms with Crippen molar-refractivity contribution >= 4 is 29.0 Å². The lowest BCUT2D eigenvalue weighted by Gasteiger charge is -2.23. The lowest BCUT2D eigenvalue weighted by atomic mass is 9.88. The van der Waals surface area contributed by atoms with Crippen molar-refractivity contribution in [1.82, 2.24) is 0 Å². The molecule has 0 aliphatic heterocycles. The van der Waals surface area contributed by atoms with Gasteiger partial charge in [0.05, 0.1) is 15.6 Å². The van der Waals surface area contributed by atoms with Gasteiger partial charge in [-0.2, -0.15) is 0 Å². The fraction of sp³-hybridized carbons (Fsp3) is 0.462. The Bertz CT molecular complexity index is 453. The first-order valence-electron chi connectivity index (χ1n) is 5.68. The van der Waals surface area contributed by atoms with Crippen LogP contribution in [-0.4, -0.2) is 11.3 Å². The van der Waals surface area contributed by atoms with Crippen LogP contribution in [0.25, 0.3) is 0 Å². The molecular formula is C13H15Cl2NO. The summed E-state index contributed by atoms with van der Waals surface area (Å²) in [4.78, 5) is 12.2. The van der Waals surface area contributed by atoms with E-state index in [0.29, 0.717) is 16.0 Å². The molecule has 2 rings (SSSR count). The van der Waals surface area contributed by atoms with E-state index in [1.807, 2.05) is 13.0 Å². The number of ketones is 1. The number of rotatable bonds is 4. The molecule has 1 aromatic rings. The largest absolute Gasteiger partial charge is 0.319 e. The highest BCUT2D eigenvalue weighted by atomic mass is 35.5. The number of Topliss-reactive ketones (excluding diaryl/α,β-unsaturated/α-hetero) is 1. The van der Waals surface area contributed by atoms with Gasteiger partial charge < -0.3 is 5.73 Å². The second-order valence-corrected chi connectivity index (χ2v) is 5.66. The average Bonchev–Trinajstić information content (AvgIpc) is 3.08. The minimum absolute atomic E-state index is 0.0316. The molecular weight excluding hydrogens is 257 g/mol. The van der Waals surface area contributed by atoms with Crippen molar-refractivity contribution in [2.24, 2.45) is 11.7 Å². The van der Waals surface area contributed by atoms with E-state index < -0.39 is 5.54 Å². The molecule has 92 valence electrons. The van der Waals surface area contributed by atoms with Crippen LogP contribution in [0.4, 0.5) is 0 Å². The summed E-state index contributed by atoms with van der Waals surface area (Å²) in [5, 5.41) is 0.927. The van der Waals surface area contributed by atoms with Gasteiger partial charge in [-0.1, -0.05) is 35.3 Å². The molecule has 4 heteroatoms. The van der Waals surface area contributed by atoms with Gasteiger partial charge in [0.2, 0.25) is 0 Å². The van der Waals surface area contributed by atoms with E-state index in [2.05, 4.69) is 0 Å². The third-order valence-corrected chi connectivity index (χ3v) is 4.27. The Balaban J connectivity index is 2.15. The van der Waals surface area contributed by atoms with Crippen LogP contribution in [0.3, 0.4) is 0 Å². The molecule has 1 atom stereocenters. The van der Waals surface area contributed by atoms with E-state index in [0.717, 1.165) is 18.4 Å². The number of halogens is 2. The minimum Gasteiger partial charge on any atom is -0.319 e.